The van der Waals surface area contributed by atoms with Crippen LogP contribution < -0.4 is 10.2 Å². The lowest BCUT2D eigenvalue weighted by Crippen LogP contribution is -2.47. The summed E-state index contributed by atoms with van der Waals surface area (Å²) in [6.07, 6.45) is 4.28. The molecule has 138 valence electrons. The van der Waals surface area contributed by atoms with Crippen LogP contribution in [0.3, 0.4) is 0 Å². The van der Waals surface area contributed by atoms with Crippen LogP contribution in [0.5, 0.6) is 0 Å². The summed E-state index contributed by atoms with van der Waals surface area (Å²) < 4.78 is 0. The highest BCUT2D eigenvalue weighted by Gasteiger charge is 2.31. The topological polar surface area (TPSA) is 55.8 Å². The zero-order valence-electron chi connectivity index (χ0n) is 15.3. The van der Waals surface area contributed by atoms with Gasteiger partial charge in [0.25, 0.3) is 0 Å². The Morgan fingerprint density at radius 2 is 1.92 bits per heavy atom. The van der Waals surface area contributed by atoms with E-state index in [0.717, 1.165) is 58.4 Å². The molecule has 5 heteroatoms. The molecule has 0 radical (unpaired) electrons. The molecule has 1 aliphatic carbocycles. The average Bonchev–Trinajstić information content (AvgIpc) is 3.06. The molecule has 0 atom stereocenters. The molecule has 2 fully saturated rings. The number of aliphatic hydroxyl groups is 1. The van der Waals surface area contributed by atoms with Crippen LogP contribution >= 0.6 is 0 Å². The highest BCUT2D eigenvalue weighted by Crippen LogP contribution is 2.28. The van der Waals surface area contributed by atoms with E-state index < -0.39 is 5.60 Å². The Bertz CT molecular complexity index is 576. The van der Waals surface area contributed by atoms with Gasteiger partial charge in [-0.2, -0.15) is 0 Å². The zero-order chi connectivity index (χ0) is 17.7. The van der Waals surface area contributed by atoms with E-state index >= 15 is 0 Å². The van der Waals surface area contributed by atoms with Gasteiger partial charge in [-0.15, -0.1) is 0 Å². The Kier molecular flexibility index (Phi) is 5.97. The quantitative estimate of drug-likeness (QED) is 0.827. The summed E-state index contributed by atoms with van der Waals surface area (Å²) in [5.74, 6) is 0.0569. The molecule has 25 heavy (non-hydrogen) atoms. The van der Waals surface area contributed by atoms with E-state index in [4.69, 9.17) is 0 Å². The van der Waals surface area contributed by atoms with Crippen molar-refractivity contribution in [2.75, 3.05) is 44.2 Å². The maximum Gasteiger partial charge on any atom is 0.221 e. The monoisotopic (exact) mass is 345 g/mol. The van der Waals surface area contributed by atoms with E-state index in [9.17, 15) is 9.90 Å². The van der Waals surface area contributed by atoms with E-state index in [-0.39, 0.29) is 5.91 Å². The second-order valence-corrected chi connectivity index (χ2v) is 7.63. The van der Waals surface area contributed by atoms with Crippen molar-refractivity contribution in [2.45, 2.75) is 44.6 Å². The number of nitrogens with zero attached hydrogens (tertiary/aromatic N) is 2. The normalized spacial score (nSPS) is 20.6. The first-order valence-electron chi connectivity index (χ1n) is 9.57. The van der Waals surface area contributed by atoms with Gasteiger partial charge in [-0.1, -0.05) is 25.0 Å². The van der Waals surface area contributed by atoms with E-state index in [2.05, 4.69) is 46.3 Å². The summed E-state index contributed by atoms with van der Waals surface area (Å²) in [6.45, 7) is 7.32. The molecule has 2 aliphatic rings. The van der Waals surface area contributed by atoms with Crippen molar-refractivity contribution in [3.63, 3.8) is 0 Å². The number of hydrogen-bond acceptors (Lipinski definition) is 4. The number of nitrogens with one attached hydrogen (secondary N) is 1. The fourth-order valence-electron chi connectivity index (χ4n) is 3.88. The minimum Gasteiger partial charge on any atom is -0.388 e. The molecule has 1 saturated heterocycles. The Morgan fingerprint density at radius 1 is 1.20 bits per heavy atom. The number of piperazine rings is 1. The van der Waals surface area contributed by atoms with Crippen LogP contribution in [0, 0.1) is 6.92 Å². The van der Waals surface area contributed by atoms with Gasteiger partial charge in [0.1, 0.15) is 0 Å². The fraction of sp³-hybridized carbons (Fsp3) is 0.650. The summed E-state index contributed by atoms with van der Waals surface area (Å²) in [7, 11) is 0. The summed E-state index contributed by atoms with van der Waals surface area (Å²) in [6, 6.07) is 8.64. The molecule has 0 spiro atoms. The molecule has 2 N–H and O–H groups in total. The number of rotatable bonds is 6. The Morgan fingerprint density at radius 3 is 2.60 bits per heavy atom. The van der Waals surface area contributed by atoms with Crippen LogP contribution in [0.1, 0.15) is 37.7 Å². The minimum absolute atomic E-state index is 0.0569. The summed E-state index contributed by atoms with van der Waals surface area (Å²) in [5, 5.41) is 13.2. The average molecular weight is 345 g/mol. The summed E-state index contributed by atoms with van der Waals surface area (Å²) >= 11 is 0. The van der Waals surface area contributed by atoms with Crippen LogP contribution in [0.4, 0.5) is 5.69 Å². The molecule has 1 heterocycles. The number of aryl methyl sites for hydroxylation is 1. The second kappa shape index (κ2) is 8.19. The predicted octanol–water partition coefficient (Wildman–Crippen LogP) is 1.93. The van der Waals surface area contributed by atoms with E-state index in [0.29, 0.717) is 13.0 Å². The molecular formula is C20H31N3O2. The van der Waals surface area contributed by atoms with Gasteiger partial charge in [-0.3, -0.25) is 9.69 Å². The van der Waals surface area contributed by atoms with Crippen LogP contribution in [0.15, 0.2) is 24.3 Å². The maximum atomic E-state index is 12.0. The molecule has 1 amide bonds. The van der Waals surface area contributed by atoms with Gasteiger partial charge in [0, 0.05) is 51.4 Å². The van der Waals surface area contributed by atoms with Crippen molar-refractivity contribution >= 4 is 11.6 Å². The third kappa shape index (κ3) is 5.19. The second-order valence-electron chi connectivity index (χ2n) is 7.63. The molecule has 1 aromatic carbocycles. The van der Waals surface area contributed by atoms with Gasteiger partial charge in [0.2, 0.25) is 5.91 Å². The Balaban J connectivity index is 1.35. The van der Waals surface area contributed by atoms with Crippen molar-refractivity contribution in [3.05, 3.63) is 29.8 Å². The number of hydrogen-bond donors (Lipinski definition) is 2. The lowest BCUT2D eigenvalue weighted by atomic mass is 10.0. The highest BCUT2D eigenvalue weighted by molar-refractivity contribution is 5.76. The predicted molar refractivity (Wildman–Crippen MR) is 101 cm³/mol. The molecule has 0 unspecified atom stereocenters. The van der Waals surface area contributed by atoms with E-state index in [1.807, 2.05) is 0 Å². The fourth-order valence-corrected chi connectivity index (χ4v) is 3.88. The molecule has 1 aromatic rings. The number of carbonyl (C=O) groups is 1. The van der Waals surface area contributed by atoms with Crippen LogP contribution in [0.25, 0.3) is 0 Å². The van der Waals surface area contributed by atoms with Crippen molar-refractivity contribution in [1.29, 1.82) is 0 Å². The Labute approximate surface area is 151 Å². The van der Waals surface area contributed by atoms with Gasteiger partial charge in [0.05, 0.1) is 5.60 Å². The third-order valence-electron chi connectivity index (χ3n) is 5.54. The minimum atomic E-state index is -0.658. The Hall–Kier alpha value is -1.59. The first-order valence-corrected chi connectivity index (χ1v) is 9.57. The number of carbonyl (C=O) groups excluding carboxylic acids is 1. The molecule has 3 rings (SSSR count). The van der Waals surface area contributed by atoms with Crippen LogP contribution in [-0.2, 0) is 4.79 Å². The van der Waals surface area contributed by atoms with Crippen LogP contribution in [-0.4, -0.2) is 60.8 Å². The van der Waals surface area contributed by atoms with Crippen molar-refractivity contribution < 1.29 is 9.90 Å². The first kappa shape index (κ1) is 18.2. The van der Waals surface area contributed by atoms with Crippen molar-refractivity contribution in [1.82, 2.24) is 10.2 Å². The van der Waals surface area contributed by atoms with Gasteiger partial charge >= 0.3 is 0 Å². The number of amides is 1. The van der Waals surface area contributed by atoms with Crippen molar-refractivity contribution in [3.8, 4) is 0 Å². The van der Waals surface area contributed by atoms with Gasteiger partial charge < -0.3 is 15.3 Å². The third-order valence-corrected chi connectivity index (χ3v) is 5.54. The zero-order valence-corrected chi connectivity index (χ0v) is 15.3. The van der Waals surface area contributed by atoms with Crippen molar-refractivity contribution in [2.24, 2.45) is 0 Å². The molecule has 1 aliphatic heterocycles. The number of benzene rings is 1. The molecular weight excluding hydrogens is 314 g/mol. The number of anilines is 1. The molecule has 0 bridgehead atoms. The van der Waals surface area contributed by atoms with E-state index in [1.165, 1.54) is 11.3 Å². The lowest BCUT2D eigenvalue weighted by Gasteiger charge is -2.36. The smallest absolute Gasteiger partial charge is 0.221 e. The van der Waals surface area contributed by atoms with Gasteiger partial charge in [-0.05, 0) is 37.5 Å². The molecule has 0 aromatic heterocycles. The van der Waals surface area contributed by atoms with Crippen LogP contribution in [0.2, 0.25) is 0 Å². The SMILES string of the molecule is Cc1cccc(N2CCN(CCC(=O)NCC3(O)CCCC3)CC2)c1. The maximum absolute atomic E-state index is 12.0. The van der Waals surface area contributed by atoms with Gasteiger partial charge in [0.15, 0.2) is 0 Å². The summed E-state index contributed by atoms with van der Waals surface area (Å²) in [4.78, 5) is 16.8. The van der Waals surface area contributed by atoms with Gasteiger partial charge in [-0.25, -0.2) is 0 Å². The summed E-state index contributed by atoms with van der Waals surface area (Å²) in [5.41, 5.74) is 1.93. The standard InChI is InChI=1S/C20H31N3O2/c1-17-5-4-6-18(15-17)23-13-11-22(12-14-23)10-7-19(24)21-16-20(25)8-2-3-9-20/h4-6,15,25H,2-3,7-14,16H2,1H3,(H,21,24). The molecule has 1 saturated carbocycles. The van der Waals surface area contributed by atoms with E-state index in [1.54, 1.807) is 0 Å². The molecule has 5 nitrogen and oxygen atoms in total. The largest absolute Gasteiger partial charge is 0.388 e. The lowest BCUT2D eigenvalue weighted by molar-refractivity contribution is -0.122. The highest BCUT2D eigenvalue weighted by atomic mass is 16.3. The first-order chi connectivity index (χ1) is 12.0.